The third-order valence-electron chi connectivity index (χ3n) is 5.49. The Kier molecular flexibility index (Phi) is 3.52. The lowest BCUT2D eigenvalue weighted by atomic mass is 9.49. The first kappa shape index (κ1) is 13.0. The average Bonchev–Trinajstić information content (AvgIpc) is 2.32. The van der Waals surface area contributed by atoms with Crippen molar-refractivity contribution in [3.63, 3.8) is 0 Å². The zero-order valence-corrected chi connectivity index (χ0v) is 11.7. The number of carbonyl (C=O) groups is 1. The van der Waals surface area contributed by atoms with Gasteiger partial charge < -0.3 is 5.32 Å². The second-order valence-corrected chi connectivity index (χ2v) is 7.21. The van der Waals surface area contributed by atoms with Gasteiger partial charge >= 0.3 is 0 Å². The molecule has 0 radical (unpaired) electrons. The van der Waals surface area contributed by atoms with Gasteiger partial charge in [0.15, 0.2) is 0 Å². The quantitative estimate of drug-likeness (QED) is 0.772. The van der Waals surface area contributed by atoms with Crippen molar-refractivity contribution >= 4 is 5.91 Å². The molecular weight excluding hydrogens is 236 g/mol. The summed E-state index contributed by atoms with van der Waals surface area (Å²) in [7, 11) is 0. The predicted molar refractivity (Wildman–Crippen MR) is 73.1 cm³/mol. The predicted octanol–water partition coefficient (Wildman–Crippen LogP) is 3.01. The lowest BCUT2D eigenvalue weighted by Gasteiger charge is -2.56. The molecule has 0 aliphatic heterocycles. The third-order valence-corrected chi connectivity index (χ3v) is 5.49. The number of hydrogen-bond acceptors (Lipinski definition) is 2. The first-order valence-corrected chi connectivity index (χ1v) is 7.83. The van der Waals surface area contributed by atoms with Gasteiger partial charge in [0.2, 0.25) is 5.91 Å². The highest BCUT2D eigenvalue weighted by atomic mass is 16.1. The molecule has 4 bridgehead atoms. The van der Waals surface area contributed by atoms with E-state index in [0.717, 1.165) is 30.6 Å². The number of carbonyl (C=O) groups excluding carboxylic acids is 1. The van der Waals surface area contributed by atoms with E-state index in [2.05, 4.69) is 11.4 Å². The molecule has 4 fully saturated rings. The van der Waals surface area contributed by atoms with Gasteiger partial charge in [0.25, 0.3) is 0 Å². The van der Waals surface area contributed by atoms with Crippen molar-refractivity contribution in [2.75, 3.05) is 6.54 Å². The fraction of sp³-hybridized carbons (Fsp3) is 0.875. The number of nitrogens with one attached hydrogen (secondary N) is 1. The van der Waals surface area contributed by atoms with Crippen molar-refractivity contribution in [2.45, 2.75) is 57.8 Å². The highest BCUT2D eigenvalue weighted by molar-refractivity contribution is 5.76. The first-order valence-electron chi connectivity index (χ1n) is 7.83. The van der Waals surface area contributed by atoms with Crippen LogP contribution in [0.5, 0.6) is 0 Å². The smallest absolute Gasteiger partial charge is 0.220 e. The molecule has 3 nitrogen and oxygen atoms in total. The maximum absolute atomic E-state index is 12.1. The van der Waals surface area contributed by atoms with E-state index in [0.29, 0.717) is 18.4 Å². The summed E-state index contributed by atoms with van der Waals surface area (Å²) < 4.78 is 0. The molecule has 4 aliphatic rings. The largest absolute Gasteiger partial charge is 0.356 e. The molecule has 4 saturated carbocycles. The van der Waals surface area contributed by atoms with E-state index in [9.17, 15) is 4.79 Å². The summed E-state index contributed by atoms with van der Waals surface area (Å²) in [5, 5.41) is 11.5. The summed E-state index contributed by atoms with van der Waals surface area (Å²) in [6, 6.07) is 2.12. The van der Waals surface area contributed by atoms with E-state index in [4.69, 9.17) is 5.26 Å². The Bertz CT molecular complexity index is 361. The summed E-state index contributed by atoms with van der Waals surface area (Å²) >= 11 is 0. The highest BCUT2D eigenvalue weighted by Gasteiger charge is 2.51. The van der Waals surface area contributed by atoms with Crippen LogP contribution in [0.2, 0.25) is 0 Å². The lowest BCUT2D eigenvalue weighted by molar-refractivity contribution is -0.129. The normalized spacial score (nSPS) is 39.0. The summed E-state index contributed by atoms with van der Waals surface area (Å²) in [4.78, 5) is 12.1. The van der Waals surface area contributed by atoms with Crippen LogP contribution in [-0.4, -0.2) is 12.5 Å². The lowest BCUT2D eigenvalue weighted by Crippen LogP contribution is -2.48. The molecule has 0 unspecified atom stereocenters. The second kappa shape index (κ2) is 5.15. The minimum Gasteiger partial charge on any atom is -0.356 e. The molecule has 0 aromatic carbocycles. The van der Waals surface area contributed by atoms with Crippen LogP contribution in [0.3, 0.4) is 0 Å². The summed E-state index contributed by atoms with van der Waals surface area (Å²) in [6.45, 7) is 0.665. The maximum atomic E-state index is 12.1. The van der Waals surface area contributed by atoms with Gasteiger partial charge in [0, 0.05) is 19.4 Å². The molecule has 3 heteroatoms. The fourth-order valence-corrected chi connectivity index (χ4v) is 5.30. The molecule has 0 saturated heterocycles. The minimum absolute atomic E-state index is 0.222. The van der Waals surface area contributed by atoms with Crippen LogP contribution in [0, 0.1) is 34.5 Å². The van der Waals surface area contributed by atoms with Gasteiger partial charge in [-0.25, -0.2) is 0 Å². The molecule has 4 rings (SSSR count). The van der Waals surface area contributed by atoms with Crippen molar-refractivity contribution in [1.82, 2.24) is 5.32 Å². The molecule has 4 aliphatic carbocycles. The van der Waals surface area contributed by atoms with Gasteiger partial charge in [0.05, 0.1) is 6.07 Å². The zero-order chi connectivity index (χ0) is 13.3. The van der Waals surface area contributed by atoms with E-state index < -0.39 is 0 Å². The summed E-state index contributed by atoms with van der Waals surface area (Å²) in [6.07, 6.45) is 10.2. The molecule has 1 N–H and O–H groups in total. The van der Waals surface area contributed by atoms with Gasteiger partial charge in [-0.3, -0.25) is 4.79 Å². The van der Waals surface area contributed by atoms with E-state index in [-0.39, 0.29) is 5.91 Å². The van der Waals surface area contributed by atoms with Gasteiger partial charge in [-0.05, 0) is 68.1 Å². The van der Waals surface area contributed by atoms with Crippen molar-refractivity contribution in [2.24, 2.45) is 23.2 Å². The monoisotopic (exact) mass is 260 g/mol. The number of nitrogens with zero attached hydrogens (tertiary/aromatic N) is 1. The number of unbranched alkanes of at least 4 members (excludes halogenated alkanes) is 1. The Hall–Kier alpha value is -1.04. The maximum Gasteiger partial charge on any atom is 0.220 e. The molecule has 0 atom stereocenters. The van der Waals surface area contributed by atoms with Crippen molar-refractivity contribution in [1.29, 1.82) is 5.26 Å². The average molecular weight is 260 g/mol. The Labute approximate surface area is 115 Å². The van der Waals surface area contributed by atoms with E-state index >= 15 is 0 Å². The Morgan fingerprint density at radius 2 is 1.74 bits per heavy atom. The van der Waals surface area contributed by atoms with E-state index in [1.807, 2.05) is 0 Å². The van der Waals surface area contributed by atoms with Crippen LogP contribution in [-0.2, 0) is 4.79 Å². The molecule has 104 valence electrons. The van der Waals surface area contributed by atoms with Crippen molar-refractivity contribution in [3.05, 3.63) is 0 Å². The summed E-state index contributed by atoms with van der Waals surface area (Å²) in [5.41, 5.74) is 0.341. The Morgan fingerprint density at radius 3 is 2.26 bits per heavy atom. The SMILES string of the molecule is N#CCCCNC(=O)CC12CC3CC(CC(C3)C1)C2. The van der Waals surface area contributed by atoms with Crippen LogP contribution in [0.25, 0.3) is 0 Å². The Balaban J connectivity index is 1.52. The number of amides is 1. The van der Waals surface area contributed by atoms with Crippen molar-refractivity contribution < 1.29 is 4.79 Å². The zero-order valence-electron chi connectivity index (χ0n) is 11.7. The van der Waals surface area contributed by atoms with Crippen LogP contribution in [0.4, 0.5) is 0 Å². The minimum atomic E-state index is 0.222. The van der Waals surface area contributed by atoms with Crippen LogP contribution < -0.4 is 5.32 Å². The van der Waals surface area contributed by atoms with E-state index in [1.54, 1.807) is 0 Å². The third kappa shape index (κ3) is 2.78. The molecule has 1 amide bonds. The summed E-state index contributed by atoms with van der Waals surface area (Å²) in [5.74, 6) is 2.97. The van der Waals surface area contributed by atoms with Crippen LogP contribution in [0.15, 0.2) is 0 Å². The molecule has 0 spiro atoms. The topological polar surface area (TPSA) is 52.9 Å². The molecule has 0 aromatic heterocycles. The van der Waals surface area contributed by atoms with Crippen LogP contribution in [0.1, 0.15) is 57.8 Å². The number of rotatable bonds is 5. The van der Waals surface area contributed by atoms with Gasteiger partial charge in [0.1, 0.15) is 0 Å². The van der Waals surface area contributed by atoms with Crippen molar-refractivity contribution in [3.8, 4) is 6.07 Å². The molecular formula is C16H24N2O. The molecule has 19 heavy (non-hydrogen) atoms. The van der Waals surface area contributed by atoms with E-state index in [1.165, 1.54) is 38.5 Å². The molecule has 0 aromatic rings. The van der Waals surface area contributed by atoms with Gasteiger partial charge in [-0.1, -0.05) is 0 Å². The van der Waals surface area contributed by atoms with Gasteiger partial charge in [-0.2, -0.15) is 5.26 Å². The number of nitriles is 1. The first-order chi connectivity index (χ1) is 9.19. The Morgan fingerprint density at radius 1 is 1.16 bits per heavy atom. The van der Waals surface area contributed by atoms with Crippen LogP contribution >= 0.6 is 0 Å². The second-order valence-electron chi connectivity index (χ2n) is 7.21. The van der Waals surface area contributed by atoms with Gasteiger partial charge in [-0.15, -0.1) is 0 Å². The molecule has 0 heterocycles. The highest BCUT2D eigenvalue weighted by Crippen LogP contribution is 2.61. The number of hydrogen-bond donors (Lipinski definition) is 1. The fourth-order valence-electron chi connectivity index (χ4n) is 5.30. The standard InChI is InChI=1S/C16H24N2O/c17-3-1-2-4-18-15(19)11-16-8-12-5-13(9-16)7-14(6-12)10-16/h12-14H,1-2,4-11H2,(H,18,19).